The number of aromatic amines is 2. The zero-order chi connectivity index (χ0) is 19.1. The van der Waals surface area contributed by atoms with Gasteiger partial charge in [0.25, 0.3) is 0 Å². The highest BCUT2D eigenvalue weighted by molar-refractivity contribution is 5.78. The maximum absolute atomic E-state index is 12.1. The summed E-state index contributed by atoms with van der Waals surface area (Å²) in [6, 6.07) is 0. The fraction of sp³-hybridized carbons (Fsp3) is 0.500. The van der Waals surface area contributed by atoms with Gasteiger partial charge in [0.15, 0.2) is 0 Å². The van der Waals surface area contributed by atoms with Gasteiger partial charge in [-0.05, 0) is 0 Å². The van der Waals surface area contributed by atoms with Gasteiger partial charge in [-0.3, -0.25) is 9.59 Å². The van der Waals surface area contributed by atoms with E-state index in [1.807, 2.05) is 0 Å². The van der Waals surface area contributed by atoms with Crippen molar-refractivity contribution in [1.82, 2.24) is 29.7 Å². The number of hydrogen-bond donors (Lipinski definition) is 4. The van der Waals surface area contributed by atoms with E-state index in [9.17, 15) is 19.8 Å². The molecule has 2 amide bonds. The minimum absolute atomic E-state index is 0.0546. The summed E-state index contributed by atoms with van der Waals surface area (Å²) in [5, 5.41) is 20.3. The van der Waals surface area contributed by atoms with Crippen LogP contribution in [0.5, 0.6) is 0 Å². The number of H-pyrrole nitrogens is 2. The number of amides is 2. The minimum atomic E-state index is -1.18. The van der Waals surface area contributed by atoms with Gasteiger partial charge in [0.1, 0.15) is 11.6 Å². The molecule has 0 aromatic carbocycles. The number of aliphatic hydroxyl groups excluding tert-OH is 2. The molecule has 4 N–H and O–H groups in total. The van der Waals surface area contributed by atoms with Gasteiger partial charge in [-0.1, -0.05) is 0 Å². The number of aliphatic hydroxyl groups is 2. The third-order valence-corrected chi connectivity index (χ3v) is 3.96. The second-order valence-corrected chi connectivity index (χ2v) is 6.11. The van der Waals surface area contributed by atoms with Gasteiger partial charge in [0.2, 0.25) is 11.8 Å². The van der Waals surface area contributed by atoms with Crippen LogP contribution < -0.4 is 0 Å². The van der Waals surface area contributed by atoms with E-state index < -0.39 is 12.2 Å². The standard InChI is InChI=1S/C16H24N6O4/c1-21(15(25)7-13-17-3-4-18-13)9-11(23)12(24)10-22(2)16(26)8-14-19-5-6-20-14/h3-6,11-12,23-24H,7-10H2,1-2H3,(H,17,18)(H,19,20). The number of aromatic nitrogens is 4. The van der Waals surface area contributed by atoms with Crippen LogP contribution in [0.25, 0.3) is 0 Å². The lowest BCUT2D eigenvalue weighted by Crippen LogP contribution is -2.46. The number of hydrogen-bond acceptors (Lipinski definition) is 6. The van der Waals surface area contributed by atoms with E-state index in [-0.39, 0.29) is 37.7 Å². The lowest BCUT2D eigenvalue weighted by molar-refractivity contribution is -0.134. The smallest absolute Gasteiger partial charge is 0.229 e. The molecule has 142 valence electrons. The molecule has 10 nitrogen and oxygen atoms in total. The molecule has 0 bridgehead atoms. The number of imidazole rings is 2. The SMILES string of the molecule is CN(CC(O)C(O)CN(C)C(=O)Cc1ncc[nH]1)C(=O)Cc1ncc[nH]1. The third kappa shape index (κ3) is 5.67. The molecule has 0 aliphatic rings. The maximum atomic E-state index is 12.1. The number of nitrogens with zero attached hydrogens (tertiary/aromatic N) is 4. The molecule has 0 radical (unpaired) electrons. The van der Waals surface area contributed by atoms with E-state index in [0.29, 0.717) is 11.6 Å². The number of rotatable bonds is 9. The van der Waals surface area contributed by atoms with Crippen LogP contribution >= 0.6 is 0 Å². The monoisotopic (exact) mass is 364 g/mol. The van der Waals surface area contributed by atoms with Crippen LogP contribution in [0, 0.1) is 0 Å². The number of likely N-dealkylation sites (N-methyl/N-ethyl adjacent to an activating group) is 2. The molecule has 2 heterocycles. The van der Waals surface area contributed by atoms with Gasteiger partial charge in [0.05, 0.1) is 25.0 Å². The second-order valence-electron chi connectivity index (χ2n) is 6.11. The quantitative estimate of drug-likeness (QED) is 0.430. The van der Waals surface area contributed by atoms with E-state index in [2.05, 4.69) is 19.9 Å². The van der Waals surface area contributed by atoms with Crippen LogP contribution in [-0.4, -0.2) is 91.2 Å². The van der Waals surface area contributed by atoms with Gasteiger partial charge in [-0.2, -0.15) is 0 Å². The van der Waals surface area contributed by atoms with Crippen molar-refractivity contribution in [3.8, 4) is 0 Å². The Morgan fingerprint density at radius 1 is 0.923 bits per heavy atom. The van der Waals surface area contributed by atoms with Crippen LogP contribution in [-0.2, 0) is 22.4 Å². The number of carbonyl (C=O) groups is 2. The molecule has 2 unspecified atom stereocenters. The Labute approximate surface area is 150 Å². The predicted molar refractivity (Wildman–Crippen MR) is 91.9 cm³/mol. The Balaban J connectivity index is 1.77. The first-order chi connectivity index (χ1) is 12.4. The molecule has 0 aliphatic carbocycles. The first-order valence-corrected chi connectivity index (χ1v) is 8.17. The normalized spacial score (nSPS) is 13.2. The van der Waals surface area contributed by atoms with Gasteiger partial charge in [0, 0.05) is 52.0 Å². The maximum Gasteiger partial charge on any atom is 0.229 e. The summed E-state index contributed by atoms with van der Waals surface area (Å²) in [6.07, 6.45) is 4.14. The zero-order valence-electron chi connectivity index (χ0n) is 14.8. The van der Waals surface area contributed by atoms with Gasteiger partial charge in [-0.25, -0.2) is 9.97 Å². The lowest BCUT2D eigenvalue weighted by Gasteiger charge is -2.27. The summed E-state index contributed by atoms with van der Waals surface area (Å²) >= 11 is 0. The average molecular weight is 364 g/mol. The van der Waals surface area contributed by atoms with Gasteiger partial charge < -0.3 is 30.0 Å². The molecule has 0 saturated carbocycles. The third-order valence-electron chi connectivity index (χ3n) is 3.96. The first kappa shape index (κ1) is 19.6. The Hall–Kier alpha value is -2.72. The van der Waals surface area contributed by atoms with Crippen molar-refractivity contribution in [2.45, 2.75) is 25.0 Å². The topological polar surface area (TPSA) is 138 Å². The van der Waals surface area contributed by atoms with E-state index >= 15 is 0 Å². The Morgan fingerprint density at radius 3 is 1.62 bits per heavy atom. The van der Waals surface area contributed by atoms with Crippen LogP contribution in [0.4, 0.5) is 0 Å². The summed E-state index contributed by atoms with van der Waals surface area (Å²) in [5.41, 5.74) is 0. The molecule has 10 heteroatoms. The second kappa shape index (κ2) is 9.11. The molecular formula is C16H24N6O4. The molecule has 26 heavy (non-hydrogen) atoms. The summed E-state index contributed by atoms with van der Waals surface area (Å²) in [4.78, 5) is 40.4. The molecule has 2 rings (SSSR count). The van der Waals surface area contributed by atoms with Crippen LogP contribution in [0.1, 0.15) is 11.6 Å². The fourth-order valence-electron chi connectivity index (χ4n) is 2.35. The van der Waals surface area contributed by atoms with Gasteiger partial charge >= 0.3 is 0 Å². The van der Waals surface area contributed by atoms with Crippen LogP contribution in [0.2, 0.25) is 0 Å². The van der Waals surface area contributed by atoms with Crippen molar-refractivity contribution >= 4 is 11.8 Å². The van der Waals surface area contributed by atoms with E-state index in [4.69, 9.17) is 0 Å². The molecule has 2 atom stereocenters. The highest BCUT2D eigenvalue weighted by Gasteiger charge is 2.24. The molecule has 2 aromatic rings. The number of carbonyl (C=O) groups excluding carboxylic acids is 2. The molecular weight excluding hydrogens is 340 g/mol. The molecule has 2 aromatic heterocycles. The van der Waals surface area contributed by atoms with Crippen LogP contribution in [0.15, 0.2) is 24.8 Å². The Bertz CT molecular complexity index is 627. The Morgan fingerprint density at radius 2 is 1.31 bits per heavy atom. The summed E-state index contributed by atoms with van der Waals surface area (Å²) in [6.45, 7) is -0.109. The summed E-state index contributed by atoms with van der Waals surface area (Å²) in [5.74, 6) is 0.571. The fourth-order valence-corrected chi connectivity index (χ4v) is 2.35. The average Bonchev–Trinajstić information content (AvgIpc) is 3.28. The summed E-state index contributed by atoms with van der Waals surface area (Å²) in [7, 11) is 3.07. The van der Waals surface area contributed by atoms with Crippen molar-refractivity contribution in [2.24, 2.45) is 0 Å². The van der Waals surface area contributed by atoms with Crippen molar-refractivity contribution < 1.29 is 19.8 Å². The number of nitrogens with one attached hydrogen (secondary N) is 2. The minimum Gasteiger partial charge on any atom is -0.389 e. The van der Waals surface area contributed by atoms with E-state index in [1.165, 1.54) is 23.9 Å². The van der Waals surface area contributed by atoms with Crippen molar-refractivity contribution in [3.05, 3.63) is 36.4 Å². The largest absolute Gasteiger partial charge is 0.389 e. The highest BCUT2D eigenvalue weighted by atomic mass is 16.3. The molecule has 0 fully saturated rings. The molecule has 0 spiro atoms. The Kier molecular flexibility index (Phi) is 6.87. The predicted octanol–water partition coefficient (Wildman–Crippen LogP) is -1.44. The molecule has 0 saturated heterocycles. The van der Waals surface area contributed by atoms with Crippen molar-refractivity contribution in [1.29, 1.82) is 0 Å². The van der Waals surface area contributed by atoms with Crippen molar-refractivity contribution in [2.75, 3.05) is 27.2 Å². The van der Waals surface area contributed by atoms with E-state index in [1.54, 1.807) is 24.8 Å². The first-order valence-electron chi connectivity index (χ1n) is 8.17. The zero-order valence-corrected chi connectivity index (χ0v) is 14.8. The summed E-state index contributed by atoms with van der Waals surface area (Å²) < 4.78 is 0. The molecule has 0 aliphatic heterocycles. The van der Waals surface area contributed by atoms with Gasteiger partial charge in [-0.15, -0.1) is 0 Å². The lowest BCUT2D eigenvalue weighted by atomic mass is 10.1. The van der Waals surface area contributed by atoms with Crippen LogP contribution in [0.3, 0.4) is 0 Å². The van der Waals surface area contributed by atoms with Crippen molar-refractivity contribution in [3.63, 3.8) is 0 Å². The van der Waals surface area contributed by atoms with E-state index in [0.717, 1.165) is 0 Å². The highest BCUT2D eigenvalue weighted by Crippen LogP contribution is 2.03.